The summed E-state index contributed by atoms with van der Waals surface area (Å²) in [6.07, 6.45) is 1.99. The Labute approximate surface area is 144 Å². The van der Waals surface area contributed by atoms with E-state index in [0.717, 1.165) is 15.5 Å². The number of carbonyl (C=O) groups is 1. The molecule has 3 rings (SSSR count). The lowest BCUT2D eigenvalue weighted by Crippen LogP contribution is -2.28. The number of hydrogen-bond acceptors (Lipinski definition) is 3. The highest BCUT2D eigenvalue weighted by atomic mass is 79.9. The Balaban J connectivity index is 2.07. The largest absolute Gasteiger partial charge is 0.295 e. The van der Waals surface area contributed by atoms with E-state index < -0.39 is 0 Å². The van der Waals surface area contributed by atoms with Gasteiger partial charge in [-0.3, -0.25) is 9.69 Å². The van der Waals surface area contributed by atoms with E-state index in [9.17, 15) is 10.1 Å². The molecule has 0 saturated carbocycles. The Morgan fingerprint density at radius 2 is 2.09 bits per heavy atom. The van der Waals surface area contributed by atoms with Crippen molar-refractivity contribution >= 4 is 43.6 Å². The molecule has 1 saturated heterocycles. The number of aromatic nitrogens is 2. The second-order valence-corrected chi connectivity index (χ2v) is 6.67. The molecule has 7 heteroatoms. The van der Waals surface area contributed by atoms with Crippen molar-refractivity contribution in [1.82, 2.24) is 9.78 Å². The third-order valence-electron chi connectivity index (χ3n) is 3.61. The maximum Gasteiger partial charge on any atom is 0.228 e. The van der Waals surface area contributed by atoms with Crippen LogP contribution in [-0.4, -0.2) is 27.6 Å². The minimum absolute atomic E-state index is 0.0276. The van der Waals surface area contributed by atoms with Gasteiger partial charge >= 0.3 is 0 Å². The SMILES string of the molecule is N#Cc1cnn(-c2ccc(Br)cc2)c1N1CC(CBr)CC1=O. The fourth-order valence-electron chi connectivity index (χ4n) is 2.54. The molecular weight excluding hydrogens is 412 g/mol. The molecule has 0 radical (unpaired) electrons. The summed E-state index contributed by atoms with van der Waals surface area (Å²) >= 11 is 6.83. The number of alkyl halides is 1. The smallest absolute Gasteiger partial charge is 0.228 e. The first kappa shape index (κ1) is 15.3. The number of rotatable bonds is 3. The summed E-state index contributed by atoms with van der Waals surface area (Å²) in [5.41, 5.74) is 1.22. The molecule has 1 aromatic carbocycles. The zero-order valence-electron chi connectivity index (χ0n) is 11.5. The second kappa shape index (κ2) is 6.23. The first-order chi connectivity index (χ1) is 10.6. The van der Waals surface area contributed by atoms with E-state index >= 15 is 0 Å². The lowest BCUT2D eigenvalue weighted by atomic mass is 10.2. The summed E-state index contributed by atoms with van der Waals surface area (Å²) in [6, 6.07) is 9.72. The van der Waals surface area contributed by atoms with Gasteiger partial charge < -0.3 is 0 Å². The van der Waals surface area contributed by atoms with Crippen LogP contribution in [0.25, 0.3) is 5.69 Å². The molecule has 0 bridgehead atoms. The van der Waals surface area contributed by atoms with Gasteiger partial charge in [0.1, 0.15) is 11.6 Å². The van der Waals surface area contributed by atoms with Crippen LogP contribution in [0, 0.1) is 17.2 Å². The lowest BCUT2D eigenvalue weighted by Gasteiger charge is -2.18. The van der Waals surface area contributed by atoms with Gasteiger partial charge in [-0.2, -0.15) is 10.4 Å². The van der Waals surface area contributed by atoms with Gasteiger partial charge in [0, 0.05) is 22.8 Å². The van der Waals surface area contributed by atoms with Gasteiger partial charge in [-0.15, -0.1) is 0 Å². The first-order valence-corrected chi connectivity index (χ1v) is 8.66. The van der Waals surface area contributed by atoms with Crippen LogP contribution in [0.2, 0.25) is 0 Å². The molecule has 1 aliphatic rings. The topological polar surface area (TPSA) is 61.9 Å². The maximum atomic E-state index is 12.3. The van der Waals surface area contributed by atoms with E-state index in [2.05, 4.69) is 43.0 Å². The highest BCUT2D eigenvalue weighted by Gasteiger charge is 2.33. The number of carbonyl (C=O) groups excluding carboxylic acids is 1. The zero-order valence-corrected chi connectivity index (χ0v) is 14.7. The Morgan fingerprint density at radius 3 is 2.68 bits per heavy atom. The maximum absolute atomic E-state index is 12.3. The molecule has 2 aromatic rings. The van der Waals surface area contributed by atoms with E-state index in [1.165, 1.54) is 6.20 Å². The molecule has 22 heavy (non-hydrogen) atoms. The van der Waals surface area contributed by atoms with E-state index in [4.69, 9.17) is 0 Å². The van der Waals surface area contributed by atoms with Crippen LogP contribution in [0.1, 0.15) is 12.0 Å². The van der Waals surface area contributed by atoms with Crippen molar-refractivity contribution in [3.05, 3.63) is 40.5 Å². The van der Waals surface area contributed by atoms with Crippen LogP contribution in [-0.2, 0) is 4.79 Å². The van der Waals surface area contributed by atoms with Crippen molar-refractivity contribution in [2.45, 2.75) is 6.42 Å². The number of hydrogen-bond donors (Lipinski definition) is 0. The quantitative estimate of drug-likeness (QED) is 0.711. The molecule has 1 atom stereocenters. The zero-order chi connectivity index (χ0) is 15.7. The van der Waals surface area contributed by atoms with Crippen LogP contribution in [0.3, 0.4) is 0 Å². The fourth-order valence-corrected chi connectivity index (χ4v) is 3.24. The van der Waals surface area contributed by atoms with Crippen molar-refractivity contribution in [3.8, 4) is 11.8 Å². The van der Waals surface area contributed by atoms with Gasteiger partial charge in [-0.25, -0.2) is 4.68 Å². The highest BCUT2D eigenvalue weighted by molar-refractivity contribution is 9.10. The molecule has 0 aliphatic carbocycles. The van der Waals surface area contributed by atoms with Crippen molar-refractivity contribution < 1.29 is 4.79 Å². The highest BCUT2D eigenvalue weighted by Crippen LogP contribution is 2.30. The van der Waals surface area contributed by atoms with Gasteiger partial charge in [-0.05, 0) is 30.2 Å². The Hall–Kier alpha value is -1.65. The molecule has 0 spiro atoms. The second-order valence-electron chi connectivity index (χ2n) is 5.11. The van der Waals surface area contributed by atoms with Crippen LogP contribution < -0.4 is 4.90 Å². The van der Waals surface area contributed by atoms with Crippen molar-refractivity contribution in [2.24, 2.45) is 5.92 Å². The van der Waals surface area contributed by atoms with Crippen molar-refractivity contribution in [1.29, 1.82) is 5.26 Å². The number of benzene rings is 1. The molecule has 5 nitrogen and oxygen atoms in total. The molecule has 1 fully saturated rings. The van der Waals surface area contributed by atoms with Crippen LogP contribution in [0.5, 0.6) is 0 Å². The summed E-state index contributed by atoms with van der Waals surface area (Å²) in [4.78, 5) is 14.0. The summed E-state index contributed by atoms with van der Waals surface area (Å²) in [6.45, 7) is 0.598. The lowest BCUT2D eigenvalue weighted by molar-refractivity contribution is -0.117. The first-order valence-electron chi connectivity index (χ1n) is 6.74. The van der Waals surface area contributed by atoms with Gasteiger partial charge in [-0.1, -0.05) is 31.9 Å². The fraction of sp³-hybridized carbons (Fsp3) is 0.267. The molecule has 2 heterocycles. The van der Waals surface area contributed by atoms with Gasteiger partial charge in [0.05, 0.1) is 11.9 Å². The molecular formula is C15H12Br2N4O. The van der Waals surface area contributed by atoms with E-state index in [0.29, 0.717) is 24.3 Å². The number of nitrogens with zero attached hydrogens (tertiary/aromatic N) is 4. The minimum atomic E-state index is 0.0276. The number of amides is 1. The molecule has 1 unspecified atom stereocenters. The van der Waals surface area contributed by atoms with E-state index in [1.807, 2.05) is 24.3 Å². The molecule has 0 N–H and O–H groups in total. The average molecular weight is 424 g/mol. The number of halogens is 2. The minimum Gasteiger partial charge on any atom is -0.295 e. The van der Waals surface area contributed by atoms with Gasteiger partial charge in [0.15, 0.2) is 5.82 Å². The van der Waals surface area contributed by atoms with Gasteiger partial charge in [0.25, 0.3) is 0 Å². The molecule has 1 aliphatic heterocycles. The number of nitriles is 1. The van der Waals surface area contributed by atoms with Crippen LogP contribution >= 0.6 is 31.9 Å². The standard InChI is InChI=1S/C15H12Br2N4O/c16-6-10-5-14(22)20(9-10)15-11(7-18)8-19-21(15)13-3-1-12(17)2-4-13/h1-4,8,10H,5-6,9H2. The summed E-state index contributed by atoms with van der Waals surface area (Å²) in [5, 5.41) is 14.4. The summed E-state index contributed by atoms with van der Waals surface area (Å²) < 4.78 is 2.61. The monoisotopic (exact) mass is 422 g/mol. The molecule has 1 amide bonds. The van der Waals surface area contributed by atoms with E-state index in [-0.39, 0.29) is 11.8 Å². The van der Waals surface area contributed by atoms with Gasteiger partial charge in [0.2, 0.25) is 5.91 Å². The van der Waals surface area contributed by atoms with Crippen molar-refractivity contribution in [2.75, 3.05) is 16.8 Å². The average Bonchev–Trinajstić information content (AvgIpc) is 3.10. The predicted molar refractivity (Wildman–Crippen MR) is 90.2 cm³/mol. The number of anilines is 1. The van der Waals surface area contributed by atoms with Crippen molar-refractivity contribution in [3.63, 3.8) is 0 Å². The van der Waals surface area contributed by atoms with Crippen LogP contribution in [0.4, 0.5) is 5.82 Å². The Bertz CT molecular complexity index is 748. The third kappa shape index (κ3) is 2.69. The normalized spacial score (nSPS) is 17.8. The Morgan fingerprint density at radius 1 is 1.36 bits per heavy atom. The molecule has 112 valence electrons. The molecule has 1 aromatic heterocycles. The summed E-state index contributed by atoms with van der Waals surface area (Å²) in [5.74, 6) is 0.838. The third-order valence-corrected chi connectivity index (χ3v) is 5.06. The van der Waals surface area contributed by atoms with E-state index in [1.54, 1.807) is 9.58 Å². The predicted octanol–water partition coefficient (Wildman–Crippen LogP) is 3.25. The van der Waals surface area contributed by atoms with Crippen LogP contribution in [0.15, 0.2) is 34.9 Å². The Kier molecular flexibility index (Phi) is 4.32. The summed E-state index contributed by atoms with van der Waals surface area (Å²) in [7, 11) is 0.